The predicted octanol–water partition coefficient (Wildman–Crippen LogP) is 3.91. The van der Waals surface area contributed by atoms with Crippen LogP contribution in [0.15, 0.2) is 78.9 Å². The van der Waals surface area contributed by atoms with Gasteiger partial charge in [-0.25, -0.2) is 0 Å². The smallest absolute Gasteiger partial charge is 0.255 e. The van der Waals surface area contributed by atoms with Crippen LogP contribution in [0.2, 0.25) is 0 Å². The molecular weight excluding hydrogens is 390 g/mol. The van der Waals surface area contributed by atoms with E-state index in [4.69, 9.17) is 4.74 Å². The lowest BCUT2D eigenvalue weighted by molar-refractivity contribution is 0.0746. The van der Waals surface area contributed by atoms with Crippen LogP contribution in [0, 0.1) is 0 Å². The Morgan fingerprint density at radius 2 is 1.42 bits per heavy atom. The Balaban J connectivity index is 1.32. The molecule has 6 heteroatoms. The van der Waals surface area contributed by atoms with Crippen molar-refractivity contribution in [2.75, 3.05) is 43.5 Å². The molecule has 2 amide bonds. The van der Waals surface area contributed by atoms with Crippen molar-refractivity contribution in [2.24, 2.45) is 0 Å². The summed E-state index contributed by atoms with van der Waals surface area (Å²) in [6.45, 7) is 2.85. The number of hydrogen-bond donors (Lipinski definition) is 1. The lowest BCUT2D eigenvalue weighted by atomic mass is 10.1. The first-order chi connectivity index (χ1) is 15.1. The molecular formula is C25H25N3O3. The standard InChI is InChI=1S/C25H25N3O3/c1-31-23-13-7-20(8-14-23)25(30)28-17-15-27(16-18-28)22-11-9-21(10-12-22)26-24(29)19-5-3-2-4-6-19/h2-14H,15-18H2,1H3,(H,26,29). The topological polar surface area (TPSA) is 61.9 Å². The van der Waals surface area contributed by atoms with Gasteiger partial charge in [-0.1, -0.05) is 18.2 Å². The van der Waals surface area contributed by atoms with Crippen molar-refractivity contribution in [3.63, 3.8) is 0 Å². The van der Waals surface area contributed by atoms with Crippen LogP contribution in [-0.2, 0) is 0 Å². The van der Waals surface area contributed by atoms with E-state index in [0.29, 0.717) is 24.2 Å². The van der Waals surface area contributed by atoms with Gasteiger partial charge in [0.15, 0.2) is 0 Å². The van der Waals surface area contributed by atoms with Crippen molar-refractivity contribution < 1.29 is 14.3 Å². The first-order valence-corrected chi connectivity index (χ1v) is 10.3. The quantitative estimate of drug-likeness (QED) is 0.686. The number of methoxy groups -OCH3 is 1. The molecule has 0 radical (unpaired) electrons. The molecule has 3 aromatic carbocycles. The molecule has 6 nitrogen and oxygen atoms in total. The normalized spacial score (nSPS) is 13.6. The minimum atomic E-state index is -0.126. The Hall–Kier alpha value is -3.80. The van der Waals surface area contributed by atoms with Gasteiger partial charge in [-0.05, 0) is 60.7 Å². The second-order valence-corrected chi connectivity index (χ2v) is 7.37. The highest BCUT2D eigenvalue weighted by atomic mass is 16.5. The Morgan fingerprint density at radius 3 is 2.03 bits per heavy atom. The second-order valence-electron chi connectivity index (χ2n) is 7.37. The minimum absolute atomic E-state index is 0.0428. The molecule has 158 valence electrons. The van der Waals surface area contributed by atoms with E-state index in [1.807, 2.05) is 59.5 Å². The van der Waals surface area contributed by atoms with E-state index in [9.17, 15) is 9.59 Å². The van der Waals surface area contributed by atoms with E-state index in [1.165, 1.54) is 0 Å². The molecule has 0 unspecified atom stereocenters. The van der Waals surface area contributed by atoms with Crippen molar-refractivity contribution in [3.05, 3.63) is 90.0 Å². The number of rotatable bonds is 5. The first kappa shape index (κ1) is 20.5. The lowest BCUT2D eigenvalue weighted by Gasteiger charge is -2.36. The minimum Gasteiger partial charge on any atom is -0.497 e. The van der Waals surface area contributed by atoms with Gasteiger partial charge in [0.25, 0.3) is 11.8 Å². The van der Waals surface area contributed by atoms with Gasteiger partial charge < -0.3 is 19.9 Å². The van der Waals surface area contributed by atoms with E-state index in [1.54, 1.807) is 31.4 Å². The van der Waals surface area contributed by atoms with Crippen LogP contribution >= 0.6 is 0 Å². The molecule has 1 N–H and O–H groups in total. The number of amides is 2. The van der Waals surface area contributed by atoms with E-state index in [2.05, 4.69) is 10.2 Å². The third-order valence-corrected chi connectivity index (χ3v) is 5.43. The number of anilines is 2. The molecule has 0 atom stereocenters. The van der Waals surface area contributed by atoms with Crippen molar-refractivity contribution in [1.82, 2.24) is 4.90 Å². The largest absolute Gasteiger partial charge is 0.497 e. The number of carbonyl (C=O) groups is 2. The summed E-state index contributed by atoms with van der Waals surface area (Å²) in [4.78, 5) is 29.2. The zero-order valence-corrected chi connectivity index (χ0v) is 17.5. The number of ether oxygens (including phenoxy) is 1. The van der Waals surface area contributed by atoms with E-state index in [0.717, 1.165) is 30.2 Å². The number of nitrogens with one attached hydrogen (secondary N) is 1. The summed E-state index contributed by atoms with van der Waals surface area (Å²) in [7, 11) is 1.61. The summed E-state index contributed by atoms with van der Waals surface area (Å²) in [5.41, 5.74) is 3.14. The summed E-state index contributed by atoms with van der Waals surface area (Å²) in [5, 5.41) is 2.92. The average molecular weight is 415 g/mol. The fraction of sp³-hybridized carbons (Fsp3) is 0.200. The maximum absolute atomic E-state index is 12.7. The monoisotopic (exact) mass is 415 g/mol. The van der Waals surface area contributed by atoms with Crippen molar-refractivity contribution >= 4 is 23.2 Å². The van der Waals surface area contributed by atoms with Crippen LogP contribution in [0.1, 0.15) is 20.7 Å². The van der Waals surface area contributed by atoms with Gasteiger partial charge in [-0.2, -0.15) is 0 Å². The second kappa shape index (κ2) is 9.34. The van der Waals surface area contributed by atoms with E-state index >= 15 is 0 Å². The summed E-state index contributed by atoms with van der Waals surface area (Å²) in [5.74, 6) is 0.657. The number of nitrogens with zero attached hydrogens (tertiary/aromatic N) is 2. The van der Waals surface area contributed by atoms with Crippen LogP contribution in [-0.4, -0.2) is 50.0 Å². The van der Waals surface area contributed by atoms with Crippen molar-refractivity contribution in [3.8, 4) is 5.75 Å². The third-order valence-electron chi connectivity index (χ3n) is 5.43. The fourth-order valence-corrected chi connectivity index (χ4v) is 3.63. The molecule has 1 aliphatic heterocycles. The van der Waals surface area contributed by atoms with Gasteiger partial charge in [-0.3, -0.25) is 9.59 Å². The highest BCUT2D eigenvalue weighted by Crippen LogP contribution is 2.21. The van der Waals surface area contributed by atoms with E-state index in [-0.39, 0.29) is 11.8 Å². The average Bonchev–Trinajstić information content (AvgIpc) is 2.85. The van der Waals surface area contributed by atoms with Crippen molar-refractivity contribution in [1.29, 1.82) is 0 Å². The molecule has 0 bridgehead atoms. The maximum atomic E-state index is 12.7. The molecule has 4 rings (SSSR count). The van der Waals surface area contributed by atoms with Gasteiger partial charge in [-0.15, -0.1) is 0 Å². The number of hydrogen-bond acceptors (Lipinski definition) is 4. The summed E-state index contributed by atoms with van der Waals surface area (Å²) < 4.78 is 5.15. The van der Waals surface area contributed by atoms with Crippen LogP contribution in [0.5, 0.6) is 5.75 Å². The molecule has 0 saturated carbocycles. The molecule has 1 fully saturated rings. The molecule has 1 heterocycles. The lowest BCUT2D eigenvalue weighted by Crippen LogP contribution is -2.48. The first-order valence-electron chi connectivity index (χ1n) is 10.3. The van der Waals surface area contributed by atoms with Crippen LogP contribution in [0.4, 0.5) is 11.4 Å². The summed E-state index contributed by atoms with van der Waals surface area (Å²) >= 11 is 0. The molecule has 0 spiro atoms. The summed E-state index contributed by atoms with van der Waals surface area (Å²) in [6.07, 6.45) is 0. The third kappa shape index (κ3) is 4.86. The van der Waals surface area contributed by atoms with Gasteiger partial charge in [0.2, 0.25) is 0 Å². The van der Waals surface area contributed by atoms with Gasteiger partial charge in [0.1, 0.15) is 5.75 Å². The SMILES string of the molecule is COc1ccc(C(=O)N2CCN(c3ccc(NC(=O)c4ccccc4)cc3)CC2)cc1. The maximum Gasteiger partial charge on any atom is 0.255 e. The molecule has 0 aromatic heterocycles. The highest BCUT2D eigenvalue weighted by molar-refractivity contribution is 6.04. The number of piperazine rings is 1. The Morgan fingerprint density at radius 1 is 0.774 bits per heavy atom. The Bertz CT molecular complexity index is 1030. The van der Waals surface area contributed by atoms with Crippen LogP contribution in [0.25, 0.3) is 0 Å². The predicted molar refractivity (Wildman–Crippen MR) is 122 cm³/mol. The number of carbonyl (C=O) groups excluding carboxylic acids is 2. The molecule has 0 aliphatic carbocycles. The zero-order valence-electron chi connectivity index (χ0n) is 17.5. The highest BCUT2D eigenvalue weighted by Gasteiger charge is 2.22. The van der Waals surface area contributed by atoms with Crippen molar-refractivity contribution in [2.45, 2.75) is 0 Å². The Labute approximate surface area is 182 Å². The van der Waals surface area contributed by atoms with Crippen LogP contribution < -0.4 is 15.0 Å². The number of benzene rings is 3. The van der Waals surface area contributed by atoms with Crippen LogP contribution in [0.3, 0.4) is 0 Å². The molecule has 1 aliphatic rings. The Kier molecular flexibility index (Phi) is 6.17. The fourth-order valence-electron chi connectivity index (χ4n) is 3.63. The van der Waals surface area contributed by atoms with Gasteiger partial charge in [0.05, 0.1) is 7.11 Å². The summed E-state index contributed by atoms with van der Waals surface area (Å²) in [6, 6.07) is 24.2. The van der Waals surface area contributed by atoms with Gasteiger partial charge in [0, 0.05) is 48.7 Å². The zero-order chi connectivity index (χ0) is 21.6. The van der Waals surface area contributed by atoms with Gasteiger partial charge >= 0.3 is 0 Å². The molecule has 3 aromatic rings. The van der Waals surface area contributed by atoms with E-state index < -0.39 is 0 Å². The molecule has 1 saturated heterocycles. The molecule has 31 heavy (non-hydrogen) atoms.